The van der Waals surface area contributed by atoms with E-state index in [9.17, 15) is 4.79 Å². The van der Waals surface area contributed by atoms with Crippen LogP contribution in [-0.4, -0.2) is 51.8 Å². The summed E-state index contributed by atoms with van der Waals surface area (Å²) in [4.78, 5) is 9.65. The predicted octanol–water partition coefficient (Wildman–Crippen LogP) is -1.47. The lowest BCUT2D eigenvalue weighted by atomic mass is 10.2. The zero-order valence-electron chi connectivity index (χ0n) is 8.26. The summed E-state index contributed by atoms with van der Waals surface area (Å²) in [5, 5.41) is 32.7. The summed E-state index contributed by atoms with van der Waals surface area (Å²) in [5.74, 6) is -1.18. The Hall–Kier alpha value is -0.690. The van der Waals surface area contributed by atoms with Gasteiger partial charge in [0.05, 0.1) is 19.3 Å². The third-order valence-corrected chi connectivity index (χ3v) is 1.35. The summed E-state index contributed by atoms with van der Waals surface area (Å²) in [6.07, 6.45) is 1.14. The Kier molecular flexibility index (Phi) is 11.7. The zero-order valence-corrected chi connectivity index (χ0v) is 8.26. The van der Waals surface area contributed by atoms with Gasteiger partial charge in [0.25, 0.3) is 0 Å². The highest BCUT2D eigenvalue weighted by Crippen LogP contribution is 1.92. The van der Waals surface area contributed by atoms with Crippen LogP contribution in [0.1, 0.15) is 19.8 Å². The van der Waals surface area contributed by atoms with E-state index in [0.29, 0.717) is 6.42 Å². The molecule has 0 saturated heterocycles. The first-order valence-corrected chi connectivity index (χ1v) is 4.37. The fourth-order valence-electron chi connectivity index (χ4n) is 0.503. The molecule has 0 aromatic rings. The summed E-state index contributed by atoms with van der Waals surface area (Å²) in [6, 6.07) is -1.13. The van der Waals surface area contributed by atoms with E-state index in [0.717, 1.165) is 6.42 Å². The van der Waals surface area contributed by atoms with Gasteiger partial charge in [-0.2, -0.15) is 0 Å². The molecule has 0 fully saturated rings. The highest BCUT2D eigenvalue weighted by Gasteiger charge is 2.06. The molecule has 0 aromatic heterocycles. The van der Waals surface area contributed by atoms with Gasteiger partial charge in [0.15, 0.2) is 0 Å². The molecule has 6 N–H and O–H groups in total. The van der Waals surface area contributed by atoms with Crippen LogP contribution in [0, 0.1) is 0 Å². The number of carboxylic acids is 1. The molecular formula is C8H19NO5. The molecule has 0 heterocycles. The number of carboxylic acid groups (broad SMARTS) is 1. The van der Waals surface area contributed by atoms with Crippen LogP contribution in [0.25, 0.3) is 0 Å². The number of aliphatic carboxylic acids is 1. The maximum absolute atomic E-state index is 9.65. The number of hydrogen-bond donors (Lipinski definition) is 5. The monoisotopic (exact) mass is 209 g/mol. The molecule has 0 spiro atoms. The van der Waals surface area contributed by atoms with Crippen molar-refractivity contribution in [3.05, 3.63) is 0 Å². The minimum Gasteiger partial charge on any atom is -0.480 e. The van der Waals surface area contributed by atoms with Crippen molar-refractivity contribution in [2.45, 2.75) is 31.9 Å². The smallest absolute Gasteiger partial charge is 0.322 e. The molecule has 0 bridgehead atoms. The SMILES string of the molecule is CCCC(O)CO.NC(CO)C(=O)O. The van der Waals surface area contributed by atoms with E-state index in [1.165, 1.54) is 0 Å². The number of carbonyl (C=O) groups is 1. The summed E-state index contributed by atoms with van der Waals surface area (Å²) in [6.45, 7) is 1.36. The molecule has 0 radical (unpaired) electrons. The standard InChI is InChI=1S/C5H12O2.C3H7NO3/c1-2-3-5(7)4-6;4-2(1-5)3(6)7/h5-7H,2-4H2,1H3;2,5H,1,4H2,(H,6,7). The van der Waals surface area contributed by atoms with E-state index in [1.807, 2.05) is 6.92 Å². The lowest BCUT2D eigenvalue weighted by Gasteiger charge is -2.01. The fraction of sp³-hybridized carbons (Fsp3) is 0.875. The Labute approximate surface area is 83.0 Å². The van der Waals surface area contributed by atoms with E-state index in [1.54, 1.807) is 0 Å². The van der Waals surface area contributed by atoms with Crippen molar-refractivity contribution in [2.75, 3.05) is 13.2 Å². The largest absolute Gasteiger partial charge is 0.480 e. The molecule has 2 atom stereocenters. The van der Waals surface area contributed by atoms with Crippen molar-refractivity contribution in [3.8, 4) is 0 Å². The minimum absolute atomic E-state index is 0.103. The van der Waals surface area contributed by atoms with Gasteiger partial charge >= 0.3 is 5.97 Å². The van der Waals surface area contributed by atoms with Gasteiger partial charge in [0, 0.05) is 0 Å². The summed E-state index contributed by atoms with van der Waals surface area (Å²) >= 11 is 0. The second kappa shape index (κ2) is 10.4. The van der Waals surface area contributed by atoms with E-state index >= 15 is 0 Å². The summed E-state index contributed by atoms with van der Waals surface area (Å²) < 4.78 is 0. The normalized spacial score (nSPS) is 13.8. The maximum Gasteiger partial charge on any atom is 0.322 e. The summed E-state index contributed by atoms with van der Waals surface area (Å²) in [7, 11) is 0. The quantitative estimate of drug-likeness (QED) is 0.376. The van der Waals surface area contributed by atoms with Gasteiger partial charge in [-0.05, 0) is 6.42 Å². The summed E-state index contributed by atoms with van der Waals surface area (Å²) in [5.41, 5.74) is 4.77. The Morgan fingerprint density at radius 1 is 1.36 bits per heavy atom. The Morgan fingerprint density at radius 3 is 1.93 bits per heavy atom. The molecule has 86 valence electrons. The van der Waals surface area contributed by atoms with Gasteiger partial charge in [-0.1, -0.05) is 13.3 Å². The lowest BCUT2D eigenvalue weighted by Crippen LogP contribution is -2.33. The van der Waals surface area contributed by atoms with Crippen molar-refractivity contribution in [1.82, 2.24) is 0 Å². The number of aliphatic hydroxyl groups is 3. The molecule has 0 saturated carbocycles. The molecule has 0 aliphatic carbocycles. The minimum atomic E-state index is -1.18. The molecule has 14 heavy (non-hydrogen) atoms. The maximum atomic E-state index is 9.65. The Bertz CT molecular complexity index is 142. The van der Waals surface area contributed by atoms with Crippen LogP contribution >= 0.6 is 0 Å². The van der Waals surface area contributed by atoms with Crippen LogP contribution in [0.15, 0.2) is 0 Å². The van der Waals surface area contributed by atoms with Gasteiger partial charge in [-0.3, -0.25) is 4.79 Å². The molecule has 0 amide bonds. The van der Waals surface area contributed by atoms with Crippen LogP contribution in [-0.2, 0) is 4.79 Å². The average molecular weight is 209 g/mol. The van der Waals surface area contributed by atoms with Crippen molar-refractivity contribution < 1.29 is 25.2 Å². The van der Waals surface area contributed by atoms with Crippen molar-refractivity contribution in [3.63, 3.8) is 0 Å². The van der Waals surface area contributed by atoms with Crippen LogP contribution in [0.2, 0.25) is 0 Å². The number of aliphatic hydroxyl groups excluding tert-OH is 3. The molecule has 6 heteroatoms. The Balaban J connectivity index is 0. The molecule has 0 aliphatic rings. The van der Waals surface area contributed by atoms with Crippen molar-refractivity contribution in [2.24, 2.45) is 5.73 Å². The third-order valence-electron chi connectivity index (χ3n) is 1.35. The average Bonchev–Trinajstić information content (AvgIpc) is 2.17. The molecule has 6 nitrogen and oxygen atoms in total. The first-order valence-electron chi connectivity index (χ1n) is 4.37. The van der Waals surface area contributed by atoms with E-state index < -0.39 is 24.7 Å². The van der Waals surface area contributed by atoms with Gasteiger partial charge in [0.2, 0.25) is 0 Å². The van der Waals surface area contributed by atoms with Gasteiger partial charge in [-0.25, -0.2) is 0 Å². The zero-order chi connectivity index (χ0) is 11.6. The van der Waals surface area contributed by atoms with Gasteiger partial charge in [-0.15, -0.1) is 0 Å². The molecular weight excluding hydrogens is 190 g/mol. The molecule has 0 aliphatic heterocycles. The highest BCUT2D eigenvalue weighted by atomic mass is 16.4. The first-order chi connectivity index (χ1) is 6.49. The third kappa shape index (κ3) is 11.3. The highest BCUT2D eigenvalue weighted by molar-refractivity contribution is 5.73. The van der Waals surface area contributed by atoms with E-state index in [-0.39, 0.29) is 6.61 Å². The molecule has 2 unspecified atom stereocenters. The second-order valence-electron chi connectivity index (χ2n) is 2.75. The Morgan fingerprint density at radius 2 is 1.86 bits per heavy atom. The van der Waals surface area contributed by atoms with Crippen molar-refractivity contribution >= 4 is 5.97 Å². The van der Waals surface area contributed by atoms with Crippen LogP contribution in [0.5, 0.6) is 0 Å². The predicted molar refractivity (Wildman–Crippen MR) is 50.7 cm³/mol. The van der Waals surface area contributed by atoms with Crippen LogP contribution in [0.4, 0.5) is 0 Å². The van der Waals surface area contributed by atoms with E-state index in [2.05, 4.69) is 0 Å². The molecule has 0 aromatic carbocycles. The number of hydrogen-bond acceptors (Lipinski definition) is 5. The van der Waals surface area contributed by atoms with Gasteiger partial charge in [0.1, 0.15) is 6.04 Å². The molecule has 0 rings (SSSR count). The van der Waals surface area contributed by atoms with Crippen LogP contribution in [0.3, 0.4) is 0 Å². The van der Waals surface area contributed by atoms with E-state index in [4.69, 9.17) is 26.2 Å². The lowest BCUT2D eigenvalue weighted by molar-refractivity contribution is -0.139. The topological polar surface area (TPSA) is 124 Å². The van der Waals surface area contributed by atoms with Gasteiger partial charge < -0.3 is 26.2 Å². The van der Waals surface area contributed by atoms with Crippen molar-refractivity contribution in [1.29, 1.82) is 0 Å². The first kappa shape index (κ1) is 15.8. The second-order valence-corrected chi connectivity index (χ2v) is 2.75. The number of nitrogens with two attached hydrogens (primary N) is 1. The fourth-order valence-corrected chi connectivity index (χ4v) is 0.503. The number of rotatable bonds is 5. The van der Waals surface area contributed by atoms with Crippen LogP contribution < -0.4 is 5.73 Å².